The van der Waals surface area contributed by atoms with Gasteiger partial charge in [0.15, 0.2) is 0 Å². The Labute approximate surface area is 95.5 Å². The van der Waals surface area contributed by atoms with Crippen molar-refractivity contribution >= 4 is 0 Å². The van der Waals surface area contributed by atoms with E-state index in [0.717, 1.165) is 24.0 Å². The standard InChI is InChI=1S/C14H16O2/c1-2-4-11-5-3-6-12(9-11)14(15)13-7-8-16-10-13/h3,5-10,14-15H,2,4H2,1H3. The third-order valence-electron chi connectivity index (χ3n) is 2.66. The smallest absolute Gasteiger partial charge is 0.107 e. The van der Waals surface area contributed by atoms with Crippen LogP contribution in [-0.4, -0.2) is 5.11 Å². The van der Waals surface area contributed by atoms with Gasteiger partial charge in [0.1, 0.15) is 6.10 Å². The Hall–Kier alpha value is -1.54. The minimum atomic E-state index is -0.587. The molecule has 1 aromatic heterocycles. The van der Waals surface area contributed by atoms with E-state index in [1.54, 1.807) is 18.6 Å². The van der Waals surface area contributed by atoms with Gasteiger partial charge in [-0.2, -0.15) is 0 Å². The first-order valence-corrected chi connectivity index (χ1v) is 5.60. The van der Waals surface area contributed by atoms with Crippen LogP contribution in [0.3, 0.4) is 0 Å². The predicted octanol–water partition coefficient (Wildman–Crippen LogP) is 3.31. The summed E-state index contributed by atoms with van der Waals surface area (Å²) >= 11 is 0. The Morgan fingerprint density at radius 1 is 1.25 bits per heavy atom. The Morgan fingerprint density at radius 2 is 2.12 bits per heavy atom. The molecule has 0 radical (unpaired) electrons. The maximum Gasteiger partial charge on any atom is 0.107 e. The molecule has 0 spiro atoms. The molecule has 16 heavy (non-hydrogen) atoms. The number of aryl methyl sites for hydroxylation is 1. The van der Waals surface area contributed by atoms with Gasteiger partial charge < -0.3 is 9.52 Å². The fourth-order valence-electron chi connectivity index (χ4n) is 1.83. The molecule has 2 nitrogen and oxygen atoms in total. The number of hydrogen-bond donors (Lipinski definition) is 1. The second-order valence-corrected chi connectivity index (χ2v) is 3.95. The monoisotopic (exact) mass is 216 g/mol. The van der Waals surface area contributed by atoms with E-state index in [1.165, 1.54) is 5.56 Å². The first-order chi connectivity index (χ1) is 7.81. The lowest BCUT2D eigenvalue weighted by molar-refractivity contribution is 0.219. The maximum absolute atomic E-state index is 10.1. The third kappa shape index (κ3) is 2.34. The fraction of sp³-hybridized carbons (Fsp3) is 0.286. The second-order valence-electron chi connectivity index (χ2n) is 3.95. The van der Waals surface area contributed by atoms with Crippen molar-refractivity contribution in [2.45, 2.75) is 25.9 Å². The van der Waals surface area contributed by atoms with Crippen molar-refractivity contribution in [2.75, 3.05) is 0 Å². The molecule has 0 amide bonds. The van der Waals surface area contributed by atoms with Gasteiger partial charge in [-0.05, 0) is 23.6 Å². The van der Waals surface area contributed by atoms with E-state index in [9.17, 15) is 5.11 Å². The average molecular weight is 216 g/mol. The summed E-state index contributed by atoms with van der Waals surface area (Å²) < 4.78 is 4.97. The number of rotatable bonds is 4. The van der Waals surface area contributed by atoms with E-state index < -0.39 is 6.10 Å². The molecule has 1 atom stereocenters. The van der Waals surface area contributed by atoms with Gasteiger partial charge in [0, 0.05) is 5.56 Å². The lowest BCUT2D eigenvalue weighted by Crippen LogP contribution is -1.98. The van der Waals surface area contributed by atoms with E-state index in [-0.39, 0.29) is 0 Å². The summed E-state index contributed by atoms with van der Waals surface area (Å²) in [7, 11) is 0. The Balaban J connectivity index is 2.23. The highest BCUT2D eigenvalue weighted by atomic mass is 16.3. The topological polar surface area (TPSA) is 33.4 Å². The summed E-state index contributed by atoms with van der Waals surface area (Å²) in [6, 6.07) is 9.87. The molecule has 0 aliphatic carbocycles. The molecule has 0 fully saturated rings. The molecule has 84 valence electrons. The minimum absolute atomic E-state index is 0.587. The lowest BCUT2D eigenvalue weighted by Gasteiger charge is -2.10. The summed E-state index contributed by atoms with van der Waals surface area (Å²) in [6.07, 6.45) is 4.73. The molecule has 0 aliphatic rings. The van der Waals surface area contributed by atoms with Gasteiger partial charge in [0.05, 0.1) is 12.5 Å². The number of hydrogen-bond acceptors (Lipinski definition) is 2. The number of benzene rings is 1. The lowest BCUT2D eigenvalue weighted by atomic mass is 10.0. The molecule has 1 unspecified atom stereocenters. The molecule has 0 aliphatic heterocycles. The second kappa shape index (κ2) is 4.99. The minimum Gasteiger partial charge on any atom is -0.472 e. The van der Waals surface area contributed by atoms with E-state index in [1.807, 2.05) is 12.1 Å². The fourth-order valence-corrected chi connectivity index (χ4v) is 1.83. The van der Waals surface area contributed by atoms with Gasteiger partial charge in [-0.25, -0.2) is 0 Å². The van der Waals surface area contributed by atoms with Crippen molar-refractivity contribution in [3.05, 3.63) is 59.5 Å². The highest BCUT2D eigenvalue weighted by molar-refractivity contribution is 5.31. The van der Waals surface area contributed by atoms with Crippen LogP contribution in [0, 0.1) is 0 Å². The molecule has 0 saturated heterocycles. The highest BCUT2D eigenvalue weighted by Crippen LogP contribution is 2.23. The van der Waals surface area contributed by atoms with Crippen molar-refractivity contribution < 1.29 is 9.52 Å². The van der Waals surface area contributed by atoms with Crippen LogP contribution in [0.2, 0.25) is 0 Å². The summed E-state index contributed by atoms with van der Waals surface area (Å²) in [4.78, 5) is 0. The van der Waals surface area contributed by atoms with Crippen LogP contribution in [-0.2, 0) is 6.42 Å². The number of aliphatic hydroxyl groups is 1. The molecule has 1 N–H and O–H groups in total. The van der Waals surface area contributed by atoms with E-state index in [0.29, 0.717) is 0 Å². The molecule has 2 rings (SSSR count). The van der Waals surface area contributed by atoms with Crippen LogP contribution in [0.1, 0.15) is 36.1 Å². The highest BCUT2D eigenvalue weighted by Gasteiger charge is 2.11. The van der Waals surface area contributed by atoms with Crippen LogP contribution in [0.25, 0.3) is 0 Å². The van der Waals surface area contributed by atoms with Crippen molar-refractivity contribution in [3.8, 4) is 0 Å². The van der Waals surface area contributed by atoms with Crippen LogP contribution in [0.5, 0.6) is 0 Å². The first-order valence-electron chi connectivity index (χ1n) is 5.60. The van der Waals surface area contributed by atoms with E-state index >= 15 is 0 Å². The summed E-state index contributed by atoms with van der Waals surface area (Å²) in [5.41, 5.74) is 2.99. The van der Waals surface area contributed by atoms with E-state index in [2.05, 4.69) is 19.1 Å². The molecule has 2 heteroatoms. The van der Waals surface area contributed by atoms with Crippen LogP contribution in [0.15, 0.2) is 47.3 Å². The van der Waals surface area contributed by atoms with Gasteiger partial charge in [0.2, 0.25) is 0 Å². The van der Waals surface area contributed by atoms with Crippen molar-refractivity contribution in [1.29, 1.82) is 0 Å². The quantitative estimate of drug-likeness (QED) is 0.850. The van der Waals surface area contributed by atoms with Crippen molar-refractivity contribution in [2.24, 2.45) is 0 Å². The zero-order chi connectivity index (χ0) is 11.4. The molecule has 1 heterocycles. The predicted molar refractivity (Wildman–Crippen MR) is 63.2 cm³/mol. The number of furan rings is 1. The van der Waals surface area contributed by atoms with Gasteiger partial charge in [-0.15, -0.1) is 0 Å². The Morgan fingerprint density at radius 3 is 2.81 bits per heavy atom. The van der Waals surface area contributed by atoms with Crippen LogP contribution in [0.4, 0.5) is 0 Å². The molecular weight excluding hydrogens is 200 g/mol. The van der Waals surface area contributed by atoms with Gasteiger partial charge in [-0.3, -0.25) is 0 Å². The maximum atomic E-state index is 10.1. The average Bonchev–Trinajstić information content (AvgIpc) is 2.82. The molecule has 2 aromatic rings. The third-order valence-corrected chi connectivity index (χ3v) is 2.66. The zero-order valence-corrected chi connectivity index (χ0v) is 9.39. The largest absolute Gasteiger partial charge is 0.472 e. The normalized spacial score (nSPS) is 12.6. The molecule has 0 bridgehead atoms. The first kappa shape index (κ1) is 11.0. The summed E-state index contributed by atoms with van der Waals surface area (Å²) in [5, 5.41) is 10.1. The molecule has 1 aromatic carbocycles. The van der Waals surface area contributed by atoms with Crippen molar-refractivity contribution in [3.63, 3.8) is 0 Å². The van der Waals surface area contributed by atoms with E-state index in [4.69, 9.17) is 4.42 Å². The molecule has 0 saturated carbocycles. The Bertz CT molecular complexity index is 432. The van der Waals surface area contributed by atoms with Crippen LogP contribution >= 0.6 is 0 Å². The van der Waals surface area contributed by atoms with Gasteiger partial charge in [0.25, 0.3) is 0 Å². The zero-order valence-electron chi connectivity index (χ0n) is 9.39. The Kier molecular flexibility index (Phi) is 3.42. The summed E-state index contributed by atoms with van der Waals surface area (Å²) in [6.45, 7) is 2.15. The van der Waals surface area contributed by atoms with Crippen molar-refractivity contribution in [1.82, 2.24) is 0 Å². The summed E-state index contributed by atoms with van der Waals surface area (Å²) in [5.74, 6) is 0. The van der Waals surface area contributed by atoms with Gasteiger partial charge in [-0.1, -0.05) is 37.6 Å². The van der Waals surface area contributed by atoms with Gasteiger partial charge >= 0.3 is 0 Å². The SMILES string of the molecule is CCCc1cccc(C(O)c2ccoc2)c1. The number of aliphatic hydroxyl groups excluding tert-OH is 1. The van der Waals surface area contributed by atoms with Crippen LogP contribution < -0.4 is 0 Å². The molecular formula is C14H16O2.